The number of carbonyl (C=O) groups is 9. The molecule has 8 amide bonds. The molecule has 2 fully saturated rings. The van der Waals surface area contributed by atoms with E-state index < -0.39 is 146 Å². The number of hydrogen-bond donors (Lipinski definition) is 3. The first-order valence-corrected chi connectivity index (χ1v) is 53.0. The van der Waals surface area contributed by atoms with Crippen molar-refractivity contribution in [2.45, 2.75) is 243 Å². The zero-order valence-corrected chi connectivity index (χ0v) is 83.2. The second-order valence-electron chi connectivity index (χ2n) is 39.3. The van der Waals surface area contributed by atoms with Crippen LogP contribution in [0.25, 0.3) is 22.0 Å². The summed E-state index contributed by atoms with van der Waals surface area (Å²) in [5, 5.41) is 21.1. The second-order valence-corrected chi connectivity index (χ2v) is 54.1. The monoisotopic (exact) mass is 1830 g/mol. The quantitative estimate of drug-likeness (QED) is 0.0149. The van der Waals surface area contributed by atoms with Crippen molar-refractivity contribution < 1.29 is 90.0 Å². The Bertz CT molecular complexity index is 4810. The molecule has 4 aliphatic heterocycles. The van der Waals surface area contributed by atoms with Crippen LogP contribution >= 0.6 is 11.6 Å². The zero-order chi connectivity index (χ0) is 94.1. The fraction of sp³-hybridized carbons (Fsp3) is 0.585. The lowest BCUT2D eigenvalue weighted by atomic mass is 9.72. The van der Waals surface area contributed by atoms with Gasteiger partial charge in [-0.1, -0.05) is 164 Å². The maximum atomic E-state index is 15.4. The van der Waals surface area contributed by atoms with Gasteiger partial charge in [0.25, 0.3) is 0 Å². The zero-order valence-electron chi connectivity index (χ0n) is 79.5. The Balaban J connectivity index is 0.917. The Morgan fingerprint density at radius 3 is 1.80 bits per heavy atom. The summed E-state index contributed by atoms with van der Waals surface area (Å²) >= 11 is 6.98. The first-order valence-electron chi connectivity index (χ1n) is 43.9. The summed E-state index contributed by atoms with van der Waals surface area (Å²) in [4.78, 5) is 138. The highest BCUT2D eigenvalue weighted by atomic mass is 35.5. The number of aliphatic hydroxyl groups is 1. The SMILES string of the molecule is COc1cc2cc(c1Cl)N(C)C(=O)C[C@H](OC(=O)[C@H](C)N(C)C(=O)CCN(CCO[Si](C)(C)C(C)(C)C)C(=O)CN(CCO[Si](C)(C)C(C)(C)C)C(=O)CN(CCO[Si](C)(C)C(C)(C)C)C(=O)CNC(=O)CCn1c(CN(C)N(C)C(=O)OCC3c4ccccc4-c4ccccc43)cc3ccccc31)[C@@]1(C)CC(C)(O1)[C@@H]1C[C@@](O)(NC(=O)O1)[C@H](OC)/C=C/C=C(\C)C2. The van der Waals surface area contributed by atoms with Gasteiger partial charge in [0, 0.05) is 111 Å². The number of nitrogens with zero attached hydrogens (tertiary/aromatic N) is 8. The molecule has 7 atom stereocenters. The molecule has 5 heterocycles. The van der Waals surface area contributed by atoms with Crippen LogP contribution in [0.5, 0.6) is 5.75 Å². The lowest BCUT2D eigenvalue weighted by Gasteiger charge is -2.59. The molecule has 1 aliphatic carbocycles. The van der Waals surface area contributed by atoms with Gasteiger partial charge in [0.2, 0.25) is 35.4 Å². The summed E-state index contributed by atoms with van der Waals surface area (Å²) < 4.78 is 58.4. The summed E-state index contributed by atoms with van der Waals surface area (Å²) in [5.41, 5.74) is 3.33. The second kappa shape index (κ2) is 41.5. The number of nitrogens with one attached hydrogen (secondary N) is 2. The van der Waals surface area contributed by atoms with Crippen molar-refractivity contribution in [1.29, 1.82) is 0 Å². The Morgan fingerprint density at radius 2 is 1.24 bits per heavy atom. The van der Waals surface area contributed by atoms with Crippen LogP contribution in [0.3, 0.4) is 0 Å². The number of aryl methyl sites for hydroxylation is 1. The van der Waals surface area contributed by atoms with Crippen LogP contribution in [0.1, 0.15) is 150 Å². The van der Waals surface area contributed by atoms with Gasteiger partial charge in [-0.15, -0.1) is 0 Å². The summed E-state index contributed by atoms with van der Waals surface area (Å²) in [6.07, 6.45) is -0.368. The molecule has 29 nitrogen and oxygen atoms in total. The van der Waals surface area contributed by atoms with E-state index in [9.17, 15) is 38.7 Å². The van der Waals surface area contributed by atoms with E-state index >= 15 is 9.59 Å². The predicted molar refractivity (Wildman–Crippen MR) is 499 cm³/mol. The number of allylic oxidation sites excluding steroid dienone is 3. The molecule has 127 heavy (non-hydrogen) atoms. The third kappa shape index (κ3) is 24.8. The van der Waals surface area contributed by atoms with Crippen LogP contribution in [0.15, 0.2) is 115 Å². The van der Waals surface area contributed by atoms with Crippen molar-refractivity contribution in [1.82, 2.24) is 44.8 Å². The summed E-state index contributed by atoms with van der Waals surface area (Å²) in [5.74, 6) is -3.98. The van der Waals surface area contributed by atoms with Gasteiger partial charge in [-0.2, -0.15) is 0 Å². The van der Waals surface area contributed by atoms with E-state index in [0.29, 0.717) is 17.9 Å². The Kier molecular flexibility index (Phi) is 33.3. The number of likely N-dealkylation sites (N-methyl/N-ethyl adjacent to an activating group) is 1. The largest absolute Gasteiger partial charge is 0.495 e. The number of hydrogen-bond acceptors (Lipinski definition) is 20. The molecular formula is C94H139ClN10O19Si3. The van der Waals surface area contributed by atoms with Gasteiger partial charge in [-0.3, -0.25) is 34.1 Å². The van der Waals surface area contributed by atoms with E-state index in [4.69, 9.17) is 53.3 Å². The average molecular weight is 1830 g/mol. The average Bonchev–Trinajstić information content (AvgIpc) is 1.55. The molecule has 33 heteroatoms. The molecule has 698 valence electrons. The third-order valence-corrected chi connectivity index (χ3v) is 41.0. The van der Waals surface area contributed by atoms with Gasteiger partial charge in [0.15, 0.2) is 30.7 Å². The first kappa shape index (κ1) is 102. The molecule has 2 saturated heterocycles. The number of hydrazine groups is 1. The smallest absolute Gasteiger partial charge is 0.424 e. The standard InChI is InChI=1S/C94H139ClN10O19Si3/c1-63-33-32-40-76(117-19)94(115)56-78(123-87(113)97-94)93(13)62-92(12,124-93)77(55-81(108)100(16)74-52-65(51-63)53-75(116-18)85(74)95)122-86(112)64(2)99(15)80(107)42-43-102(45-48-119-125(20,21)89(3,4)5)83(110)59-104(47-50-121-127(24,25)91(9,10)11)84(111)60-103(46-49-120-126(22,23)90(6,7)8)82(109)57-96-79(106)41-44-105-67(54-66-34-26-31-39-73(66)105)58-98(14)101(17)88(114)118-61-72-70-37-29-27-35-68(70)69-36-28-30-38-71(69)72/h26-40,52-54,64,72,76-78,115H,41-51,55-62H2,1-25H3,(H,96,106)(H,97,113)/b40-32+,63-33+/t64-,76+,77-,78-,92+,93?,94-/m0/s1. The number of fused-ring (bicyclic) bond motifs is 10. The molecule has 1 aromatic heterocycles. The number of rotatable bonds is 34. The lowest BCUT2D eigenvalue weighted by Crippen LogP contribution is -2.72. The number of amides is 8. The summed E-state index contributed by atoms with van der Waals surface area (Å²) in [6, 6.07) is 28.4. The minimum Gasteiger partial charge on any atom is -0.495 e. The van der Waals surface area contributed by atoms with Gasteiger partial charge < -0.3 is 81.2 Å². The molecule has 3 N–H and O–H groups in total. The number of ether oxygens (including phenoxy) is 6. The fourth-order valence-corrected chi connectivity index (χ4v) is 19.1. The van der Waals surface area contributed by atoms with Gasteiger partial charge in [0.1, 0.15) is 52.9 Å². The Labute approximate surface area is 759 Å². The van der Waals surface area contributed by atoms with E-state index in [2.05, 4.69) is 136 Å². The number of carbonyl (C=O) groups excluding carboxylic acids is 9. The number of benzene rings is 4. The molecule has 0 saturated carbocycles. The van der Waals surface area contributed by atoms with Gasteiger partial charge >= 0.3 is 18.2 Å². The first-order chi connectivity index (χ1) is 59.2. The predicted octanol–water partition coefficient (Wildman–Crippen LogP) is 14.0. The van der Waals surface area contributed by atoms with Crippen molar-refractivity contribution in [3.05, 3.63) is 142 Å². The fourth-order valence-electron chi connectivity index (χ4n) is 15.7. The van der Waals surface area contributed by atoms with E-state index in [-0.39, 0.29) is 117 Å². The maximum Gasteiger partial charge on any atom is 0.424 e. The van der Waals surface area contributed by atoms with Crippen LogP contribution in [0.4, 0.5) is 15.3 Å². The number of para-hydroxylation sites is 1. The maximum absolute atomic E-state index is 15.4. The van der Waals surface area contributed by atoms with Crippen molar-refractivity contribution >= 4 is 107 Å². The topological polar surface area (TPSA) is 309 Å². The minimum atomic E-state index is -2.48. The van der Waals surface area contributed by atoms with Crippen LogP contribution in [-0.2, 0) is 90.0 Å². The van der Waals surface area contributed by atoms with E-state index in [1.54, 1.807) is 64.3 Å². The van der Waals surface area contributed by atoms with Gasteiger partial charge in [0.05, 0.1) is 65.2 Å². The van der Waals surface area contributed by atoms with Crippen LogP contribution in [-0.4, -0.2) is 274 Å². The highest BCUT2D eigenvalue weighted by Gasteiger charge is 2.64. The minimum absolute atomic E-state index is 0.00203. The molecule has 1 unspecified atom stereocenters. The van der Waals surface area contributed by atoms with Gasteiger partial charge in [-0.25, -0.2) is 24.4 Å². The van der Waals surface area contributed by atoms with E-state index in [0.717, 1.165) is 50.0 Å². The number of halogens is 1. The summed E-state index contributed by atoms with van der Waals surface area (Å²) in [7, 11) is 1.92. The molecule has 5 aromatic rings. The van der Waals surface area contributed by atoms with Crippen LogP contribution in [0.2, 0.25) is 59.4 Å². The highest BCUT2D eigenvalue weighted by molar-refractivity contribution is 6.75. The van der Waals surface area contributed by atoms with Crippen molar-refractivity contribution in [3.8, 4) is 16.9 Å². The van der Waals surface area contributed by atoms with Crippen LogP contribution in [0, 0.1) is 0 Å². The molecule has 0 radical (unpaired) electrons. The number of methoxy groups -OCH3 is 2. The van der Waals surface area contributed by atoms with Crippen molar-refractivity contribution in [3.63, 3.8) is 0 Å². The van der Waals surface area contributed by atoms with Crippen molar-refractivity contribution in [2.75, 3.05) is 120 Å². The van der Waals surface area contributed by atoms with Gasteiger partial charge in [-0.05, 0) is 146 Å². The summed E-state index contributed by atoms with van der Waals surface area (Å²) in [6.45, 7) is 37.1. The third-order valence-electron chi connectivity index (χ3n) is 27.0. The Morgan fingerprint density at radius 1 is 0.709 bits per heavy atom. The molecule has 4 aromatic carbocycles. The normalized spacial score (nSPS) is 21.0. The van der Waals surface area contributed by atoms with Crippen molar-refractivity contribution in [2.24, 2.45) is 0 Å². The Hall–Kier alpha value is -8.81. The molecule has 0 spiro atoms. The number of esters is 1. The lowest BCUT2D eigenvalue weighted by molar-refractivity contribution is -0.328. The molecular weight excluding hydrogens is 1690 g/mol. The molecule has 6 bridgehead atoms. The van der Waals surface area contributed by atoms with E-state index in [1.807, 2.05) is 72.2 Å². The van der Waals surface area contributed by atoms with E-state index in [1.165, 1.54) is 57.7 Å². The molecule has 10 rings (SSSR count). The highest BCUT2D eigenvalue weighted by Crippen LogP contribution is 2.52. The number of aromatic nitrogens is 1. The van der Waals surface area contributed by atoms with Crippen LogP contribution < -0.4 is 20.3 Å². The molecule has 5 aliphatic rings. The number of anilines is 1. The number of alkyl carbamates (subject to hydrolysis) is 1.